The summed E-state index contributed by atoms with van der Waals surface area (Å²) in [6.45, 7) is 4.69. The first-order valence-electron chi connectivity index (χ1n) is 8.58. The summed E-state index contributed by atoms with van der Waals surface area (Å²) in [4.78, 5) is 24.1. The molecule has 0 aliphatic carbocycles. The van der Waals surface area contributed by atoms with Crippen molar-refractivity contribution >= 4 is 27.8 Å². The van der Waals surface area contributed by atoms with E-state index in [0.717, 1.165) is 0 Å². The number of halogens is 1. The van der Waals surface area contributed by atoms with Crippen molar-refractivity contribution in [1.82, 2.24) is 0 Å². The van der Waals surface area contributed by atoms with Crippen LogP contribution in [-0.2, 0) is 20.7 Å². The molecule has 0 bridgehead atoms. The number of carbonyl (C=O) groups is 2. The molecule has 2 N–H and O–H groups in total. The number of hydrogen-bond acceptors (Lipinski definition) is 5. The maximum absolute atomic E-state index is 12.4. The molecule has 0 aromatic heterocycles. The van der Waals surface area contributed by atoms with Gasteiger partial charge in [-0.3, -0.25) is 9.59 Å². The fourth-order valence-electron chi connectivity index (χ4n) is 2.50. The minimum absolute atomic E-state index is 0.0519. The summed E-state index contributed by atoms with van der Waals surface area (Å²) in [5.74, 6) is -0.173. The molecule has 6 nitrogen and oxygen atoms in total. The maximum Gasteiger partial charge on any atom is 0.311 e. The molecule has 27 heavy (non-hydrogen) atoms. The lowest BCUT2D eigenvalue weighted by molar-refractivity contribution is -0.154. The van der Waals surface area contributed by atoms with E-state index in [0.29, 0.717) is 40.3 Å². The maximum atomic E-state index is 12.4. The Bertz CT molecular complexity index is 794. The molecule has 2 rings (SSSR count). The lowest BCUT2D eigenvalue weighted by atomic mass is 10.1. The van der Waals surface area contributed by atoms with Gasteiger partial charge in [0.15, 0.2) is 11.5 Å². The zero-order valence-electron chi connectivity index (χ0n) is 15.2. The highest BCUT2D eigenvalue weighted by Gasteiger charge is 2.23. The lowest BCUT2D eigenvalue weighted by Gasteiger charge is -2.17. The summed E-state index contributed by atoms with van der Waals surface area (Å²) in [7, 11) is 0. The Labute approximate surface area is 166 Å². The first-order chi connectivity index (χ1) is 13.0. The third-order valence-electron chi connectivity index (χ3n) is 3.66. The molecule has 2 aromatic rings. The van der Waals surface area contributed by atoms with E-state index >= 15 is 0 Å². The first kappa shape index (κ1) is 20.8. The Morgan fingerprint density at radius 3 is 2.19 bits per heavy atom. The van der Waals surface area contributed by atoms with Crippen LogP contribution in [0.2, 0.25) is 0 Å². The van der Waals surface area contributed by atoms with E-state index in [2.05, 4.69) is 15.9 Å². The van der Waals surface area contributed by atoms with E-state index in [1.54, 1.807) is 42.5 Å². The molecule has 1 unspecified atom stereocenters. The summed E-state index contributed by atoms with van der Waals surface area (Å²) >= 11 is 3.44. The van der Waals surface area contributed by atoms with Crippen LogP contribution in [0.25, 0.3) is 0 Å². The molecule has 0 saturated carbocycles. The van der Waals surface area contributed by atoms with Crippen LogP contribution in [-0.4, -0.2) is 25.1 Å². The number of rotatable bonds is 9. The highest BCUT2D eigenvalue weighted by atomic mass is 79.9. The molecule has 1 atom stereocenters. The van der Waals surface area contributed by atoms with Crippen LogP contribution in [0.3, 0.4) is 0 Å². The van der Waals surface area contributed by atoms with Crippen molar-refractivity contribution in [2.24, 2.45) is 5.73 Å². The summed E-state index contributed by atoms with van der Waals surface area (Å²) < 4.78 is 17.1. The lowest BCUT2D eigenvalue weighted by Crippen LogP contribution is -2.26. The standard InChI is InChI=1S/C20H22BrNO5/c1-3-25-16-10-14(15(21)12-17(16)26-4-2)11-18(23)27-19(20(22)24)13-8-6-5-7-9-13/h5-10,12,19H,3-4,11H2,1-2H3,(H2,22,24). The van der Waals surface area contributed by atoms with Crippen molar-refractivity contribution in [2.45, 2.75) is 26.4 Å². The van der Waals surface area contributed by atoms with Gasteiger partial charge >= 0.3 is 5.97 Å². The second-order valence-corrected chi connectivity index (χ2v) is 6.47. The van der Waals surface area contributed by atoms with Gasteiger partial charge in [0.2, 0.25) is 6.10 Å². The van der Waals surface area contributed by atoms with Gasteiger partial charge in [-0.2, -0.15) is 0 Å². The summed E-state index contributed by atoms with van der Waals surface area (Å²) in [6.07, 6.45) is -1.18. The van der Waals surface area contributed by atoms with Crippen molar-refractivity contribution in [3.8, 4) is 11.5 Å². The van der Waals surface area contributed by atoms with E-state index in [9.17, 15) is 9.59 Å². The normalized spacial score (nSPS) is 11.5. The molecule has 144 valence electrons. The van der Waals surface area contributed by atoms with Crippen molar-refractivity contribution in [2.75, 3.05) is 13.2 Å². The first-order valence-corrected chi connectivity index (χ1v) is 9.37. The Kier molecular flexibility index (Phi) is 7.67. The number of nitrogens with two attached hydrogens (primary N) is 1. The van der Waals surface area contributed by atoms with Crippen LogP contribution >= 0.6 is 15.9 Å². The molecule has 0 aliphatic heterocycles. The van der Waals surface area contributed by atoms with Crippen molar-refractivity contribution in [3.63, 3.8) is 0 Å². The van der Waals surface area contributed by atoms with Crippen molar-refractivity contribution in [3.05, 3.63) is 58.1 Å². The molecule has 0 fully saturated rings. The van der Waals surface area contributed by atoms with Gasteiger partial charge in [-0.25, -0.2) is 0 Å². The van der Waals surface area contributed by atoms with E-state index in [-0.39, 0.29) is 6.42 Å². The Morgan fingerprint density at radius 1 is 1.04 bits per heavy atom. The van der Waals surface area contributed by atoms with Gasteiger partial charge in [-0.05, 0) is 31.5 Å². The highest BCUT2D eigenvalue weighted by molar-refractivity contribution is 9.10. The average molecular weight is 436 g/mol. The third-order valence-corrected chi connectivity index (χ3v) is 4.40. The number of hydrogen-bond donors (Lipinski definition) is 1. The molecule has 0 heterocycles. The summed E-state index contributed by atoms with van der Waals surface area (Å²) in [5, 5.41) is 0. The molecule has 0 radical (unpaired) electrons. The minimum Gasteiger partial charge on any atom is -0.490 e. The molecular formula is C20H22BrNO5. The fraction of sp³-hybridized carbons (Fsp3) is 0.300. The average Bonchev–Trinajstić information content (AvgIpc) is 2.64. The third kappa shape index (κ3) is 5.72. The van der Waals surface area contributed by atoms with Gasteiger partial charge in [0.1, 0.15) is 0 Å². The van der Waals surface area contributed by atoms with Gasteiger partial charge in [0.25, 0.3) is 5.91 Å². The fourth-order valence-corrected chi connectivity index (χ4v) is 2.96. The van der Waals surface area contributed by atoms with Gasteiger partial charge in [0, 0.05) is 10.0 Å². The van der Waals surface area contributed by atoms with Crippen LogP contribution in [0, 0.1) is 0 Å². The Hall–Kier alpha value is -2.54. The van der Waals surface area contributed by atoms with E-state index < -0.39 is 18.0 Å². The summed E-state index contributed by atoms with van der Waals surface area (Å²) in [6, 6.07) is 12.1. The Balaban J connectivity index is 2.18. The molecule has 0 saturated heterocycles. The number of amides is 1. The molecule has 0 aliphatic rings. The van der Waals surface area contributed by atoms with Crippen LogP contribution < -0.4 is 15.2 Å². The topological polar surface area (TPSA) is 87.9 Å². The van der Waals surface area contributed by atoms with E-state index in [1.165, 1.54) is 0 Å². The predicted molar refractivity (Wildman–Crippen MR) is 105 cm³/mol. The molecule has 1 amide bonds. The molecule has 7 heteroatoms. The SMILES string of the molecule is CCOc1cc(Br)c(CC(=O)OC(C(N)=O)c2ccccc2)cc1OCC. The zero-order chi connectivity index (χ0) is 19.8. The van der Waals surface area contributed by atoms with E-state index in [4.69, 9.17) is 19.9 Å². The molecular weight excluding hydrogens is 414 g/mol. The quantitative estimate of drug-likeness (QED) is 0.608. The minimum atomic E-state index is -1.13. The van der Waals surface area contributed by atoms with Gasteiger partial charge < -0.3 is 19.9 Å². The van der Waals surface area contributed by atoms with Crippen LogP contribution in [0.1, 0.15) is 31.1 Å². The number of esters is 1. The Morgan fingerprint density at radius 2 is 1.63 bits per heavy atom. The van der Waals surface area contributed by atoms with Gasteiger partial charge in [-0.15, -0.1) is 0 Å². The summed E-state index contributed by atoms with van der Waals surface area (Å²) in [5.41, 5.74) is 6.58. The second-order valence-electron chi connectivity index (χ2n) is 5.62. The zero-order valence-corrected chi connectivity index (χ0v) is 16.8. The van der Waals surface area contributed by atoms with Crippen molar-refractivity contribution in [1.29, 1.82) is 0 Å². The predicted octanol–water partition coefficient (Wildman–Crippen LogP) is 3.56. The monoisotopic (exact) mass is 435 g/mol. The number of primary amides is 1. The highest BCUT2D eigenvalue weighted by Crippen LogP contribution is 2.34. The van der Waals surface area contributed by atoms with Crippen molar-refractivity contribution < 1.29 is 23.8 Å². The van der Waals surface area contributed by atoms with Crippen LogP contribution in [0.5, 0.6) is 11.5 Å². The molecule has 2 aromatic carbocycles. The smallest absolute Gasteiger partial charge is 0.311 e. The largest absolute Gasteiger partial charge is 0.490 e. The van der Waals surface area contributed by atoms with E-state index in [1.807, 2.05) is 13.8 Å². The van der Waals surface area contributed by atoms with Crippen LogP contribution in [0.15, 0.2) is 46.9 Å². The van der Waals surface area contributed by atoms with Gasteiger partial charge in [0.05, 0.1) is 19.6 Å². The number of carbonyl (C=O) groups excluding carboxylic acids is 2. The van der Waals surface area contributed by atoms with Crippen LogP contribution in [0.4, 0.5) is 0 Å². The number of benzene rings is 2. The molecule has 0 spiro atoms. The van der Waals surface area contributed by atoms with Gasteiger partial charge in [-0.1, -0.05) is 46.3 Å². The second kappa shape index (κ2) is 9.97. The number of ether oxygens (including phenoxy) is 3.